The average Bonchev–Trinajstić information content (AvgIpc) is 3.17. The summed E-state index contributed by atoms with van der Waals surface area (Å²) >= 11 is 1.79. The number of thiophene rings is 1. The van der Waals surface area contributed by atoms with Crippen LogP contribution in [0.2, 0.25) is 0 Å². The van der Waals surface area contributed by atoms with Crippen LogP contribution in [0.5, 0.6) is 0 Å². The van der Waals surface area contributed by atoms with E-state index in [1.165, 1.54) is 42.8 Å². The fraction of sp³-hybridized carbons (Fsp3) is 0.143. The fourth-order valence-electron chi connectivity index (χ4n) is 4.49. The molecule has 31 heavy (non-hydrogen) atoms. The molecule has 0 spiro atoms. The molecule has 4 aromatic carbocycles. The minimum Gasteiger partial charge on any atom is -0.235 e. The zero-order valence-electron chi connectivity index (χ0n) is 17.8. The van der Waals surface area contributed by atoms with Crippen LogP contribution in [-0.4, -0.2) is 9.97 Å². The van der Waals surface area contributed by atoms with Crippen LogP contribution in [0.15, 0.2) is 79.1 Å². The molecule has 6 aromatic rings. The van der Waals surface area contributed by atoms with Gasteiger partial charge in [-0.05, 0) is 38.6 Å². The maximum Gasteiger partial charge on any atom is 0.116 e. The van der Waals surface area contributed by atoms with Crippen molar-refractivity contribution >= 4 is 53.2 Å². The number of benzene rings is 4. The molecule has 0 unspecified atom stereocenters. The minimum atomic E-state index is 0.124. The summed E-state index contributed by atoms with van der Waals surface area (Å²) in [5.41, 5.74) is 4.70. The molecule has 0 aliphatic heterocycles. The number of nitrogens with zero attached hydrogens (tertiary/aromatic N) is 2. The molecule has 0 aliphatic rings. The maximum absolute atomic E-state index is 4.77. The Morgan fingerprint density at radius 3 is 2.45 bits per heavy atom. The highest BCUT2D eigenvalue weighted by Gasteiger charge is 2.18. The van der Waals surface area contributed by atoms with E-state index in [2.05, 4.69) is 93.6 Å². The second kappa shape index (κ2) is 6.60. The molecule has 0 amide bonds. The highest BCUT2D eigenvalue weighted by Crippen LogP contribution is 2.42. The number of hydrogen-bond acceptors (Lipinski definition) is 3. The fourth-order valence-corrected chi connectivity index (χ4v) is 5.66. The molecule has 150 valence electrons. The Bertz CT molecular complexity index is 1620. The van der Waals surface area contributed by atoms with Gasteiger partial charge in [0, 0.05) is 15.6 Å². The number of fused-ring (bicyclic) bond motifs is 6. The zero-order valence-corrected chi connectivity index (χ0v) is 18.6. The van der Waals surface area contributed by atoms with Gasteiger partial charge in [0.1, 0.15) is 6.33 Å². The summed E-state index contributed by atoms with van der Waals surface area (Å²) in [5.74, 6) is 0. The molecule has 0 radical (unpaired) electrons. The van der Waals surface area contributed by atoms with E-state index in [0.717, 1.165) is 15.9 Å². The van der Waals surface area contributed by atoms with Crippen LogP contribution in [0.1, 0.15) is 26.3 Å². The Morgan fingerprint density at radius 1 is 0.742 bits per heavy atom. The predicted octanol–water partition coefficient (Wildman–Crippen LogP) is 8.12. The van der Waals surface area contributed by atoms with Crippen molar-refractivity contribution in [3.8, 4) is 11.3 Å². The third-order valence-corrected chi connectivity index (χ3v) is 7.30. The molecule has 0 aliphatic carbocycles. The van der Waals surface area contributed by atoms with Crippen LogP contribution in [0.4, 0.5) is 0 Å². The monoisotopic (exact) mass is 418 g/mol. The molecule has 6 rings (SSSR count). The lowest BCUT2D eigenvalue weighted by molar-refractivity contribution is 0.591. The smallest absolute Gasteiger partial charge is 0.116 e. The van der Waals surface area contributed by atoms with E-state index in [-0.39, 0.29) is 5.41 Å². The molecule has 0 N–H and O–H groups in total. The molecule has 2 aromatic heterocycles. The number of hydrogen-bond donors (Lipinski definition) is 0. The molecule has 0 atom stereocenters. The molecule has 0 fully saturated rings. The van der Waals surface area contributed by atoms with Crippen LogP contribution in [0.25, 0.3) is 53.1 Å². The summed E-state index contributed by atoms with van der Waals surface area (Å²) in [6.45, 7) is 6.77. The van der Waals surface area contributed by atoms with Crippen molar-refractivity contribution in [2.75, 3.05) is 0 Å². The highest BCUT2D eigenvalue weighted by molar-refractivity contribution is 7.26. The molecule has 3 heteroatoms. The molecule has 0 saturated heterocycles. The van der Waals surface area contributed by atoms with Gasteiger partial charge in [-0.15, -0.1) is 11.3 Å². The quantitative estimate of drug-likeness (QED) is 0.269. The SMILES string of the molecule is CC(C)(C)c1ccc2c(-c3ncnc4c3sc3ccc5ccccc5c34)cccc2c1. The van der Waals surface area contributed by atoms with Gasteiger partial charge in [0.25, 0.3) is 0 Å². The summed E-state index contributed by atoms with van der Waals surface area (Å²) in [4.78, 5) is 9.50. The first-order chi connectivity index (χ1) is 15.0. The lowest BCUT2D eigenvalue weighted by atomic mass is 9.85. The van der Waals surface area contributed by atoms with Gasteiger partial charge in [-0.25, -0.2) is 9.97 Å². The maximum atomic E-state index is 4.77. The van der Waals surface area contributed by atoms with E-state index in [9.17, 15) is 0 Å². The summed E-state index contributed by atoms with van der Waals surface area (Å²) in [7, 11) is 0. The van der Waals surface area contributed by atoms with Gasteiger partial charge in [0.15, 0.2) is 0 Å². The summed E-state index contributed by atoms with van der Waals surface area (Å²) in [6, 6.07) is 26.3. The molecule has 0 saturated carbocycles. The van der Waals surface area contributed by atoms with Gasteiger partial charge in [-0.1, -0.05) is 87.5 Å². The normalized spacial score (nSPS) is 12.4. The van der Waals surface area contributed by atoms with Crippen molar-refractivity contribution < 1.29 is 0 Å². The van der Waals surface area contributed by atoms with Gasteiger partial charge in [0.2, 0.25) is 0 Å². The Labute approximate surface area is 185 Å². The Hall–Kier alpha value is -3.30. The van der Waals surface area contributed by atoms with E-state index in [1.54, 1.807) is 17.7 Å². The Kier molecular flexibility index (Phi) is 3.93. The average molecular weight is 419 g/mol. The topological polar surface area (TPSA) is 25.8 Å². The van der Waals surface area contributed by atoms with Gasteiger partial charge >= 0.3 is 0 Å². The van der Waals surface area contributed by atoms with E-state index in [4.69, 9.17) is 9.97 Å². The first-order valence-corrected chi connectivity index (χ1v) is 11.4. The largest absolute Gasteiger partial charge is 0.235 e. The van der Waals surface area contributed by atoms with Crippen molar-refractivity contribution in [1.82, 2.24) is 9.97 Å². The Balaban J connectivity index is 1.67. The lowest BCUT2D eigenvalue weighted by Crippen LogP contribution is -2.10. The third kappa shape index (κ3) is 2.84. The minimum absolute atomic E-state index is 0.124. The van der Waals surface area contributed by atoms with Gasteiger partial charge in [0.05, 0.1) is 15.9 Å². The molecule has 2 nitrogen and oxygen atoms in total. The van der Waals surface area contributed by atoms with Crippen molar-refractivity contribution in [2.45, 2.75) is 26.2 Å². The Morgan fingerprint density at radius 2 is 1.58 bits per heavy atom. The van der Waals surface area contributed by atoms with Crippen molar-refractivity contribution in [1.29, 1.82) is 0 Å². The third-order valence-electron chi connectivity index (χ3n) is 6.14. The van der Waals surface area contributed by atoms with Crippen molar-refractivity contribution in [2.24, 2.45) is 0 Å². The van der Waals surface area contributed by atoms with Crippen LogP contribution in [0, 0.1) is 0 Å². The van der Waals surface area contributed by atoms with Crippen LogP contribution in [-0.2, 0) is 5.41 Å². The second-order valence-corrected chi connectivity index (χ2v) is 10.2. The first-order valence-electron chi connectivity index (χ1n) is 10.6. The van der Waals surface area contributed by atoms with E-state index in [0.29, 0.717) is 0 Å². The lowest BCUT2D eigenvalue weighted by Gasteiger charge is -2.20. The molecule has 2 heterocycles. The number of aromatic nitrogens is 2. The molecule has 0 bridgehead atoms. The molecular weight excluding hydrogens is 396 g/mol. The van der Waals surface area contributed by atoms with E-state index < -0.39 is 0 Å². The van der Waals surface area contributed by atoms with Crippen molar-refractivity contribution in [3.05, 3.63) is 84.7 Å². The molecular formula is C28H22N2S. The standard InChI is InChI=1S/C28H22N2S/c1-28(2,3)19-12-13-20-18(15-19)8-6-10-22(20)25-27-26(30-16-29-25)24-21-9-5-4-7-17(21)11-14-23(24)31-27/h4-16H,1-3H3. The van der Waals surface area contributed by atoms with Crippen molar-refractivity contribution in [3.63, 3.8) is 0 Å². The van der Waals surface area contributed by atoms with Crippen LogP contribution < -0.4 is 0 Å². The van der Waals surface area contributed by atoms with E-state index in [1.807, 2.05) is 0 Å². The first kappa shape index (κ1) is 18.5. The second-order valence-electron chi connectivity index (χ2n) is 9.15. The highest BCUT2D eigenvalue weighted by atomic mass is 32.1. The van der Waals surface area contributed by atoms with Gasteiger partial charge in [-0.3, -0.25) is 0 Å². The zero-order chi connectivity index (χ0) is 21.2. The number of rotatable bonds is 1. The summed E-state index contributed by atoms with van der Waals surface area (Å²) < 4.78 is 2.41. The van der Waals surface area contributed by atoms with Crippen LogP contribution in [0.3, 0.4) is 0 Å². The van der Waals surface area contributed by atoms with Gasteiger partial charge < -0.3 is 0 Å². The predicted molar refractivity (Wildman–Crippen MR) is 134 cm³/mol. The summed E-state index contributed by atoms with van der Waals surface area (Å²) in [6.07, 6.45) is 1.72. The summed E-state index contributed by atoms with van der Waals surface area (Å²) in [5, 5.41) is 6.22. The van der Waals surface area contributed by atoms with E-state index >= 15 is 0 Å². The van der Waals surface area contributed by atoms with Gasteiger partial charge in [-0.2, -0.15) is 0 Å². The van der Waals surface area contributed by atoms with Crippen LogP contribution >= 0.6 is 11.3 Å².